The maximum Gasteiger partial charge on any atom is 0.410 e. The number of benzene rings is 1. The normalized spacial score (nSPS) is 11.5. The van der Waals surface area contributed by atoms with Gasteiger partial charge in [0.2, 0.25) is 0 Å². The van der Waals surface area contributed by atoms with Crippen molar-refractivity contribution in [3.63, 3.8) is 0 Å². The standard InChI is InChI=1S/C17H21BrN2O2S/c1-5-9-20(16(21)22-17(2,3)4)10-8-15-19-13-11-12(18)6-7-14(13)23-15/h5-7,11H,1,8-10H2,2-4H3. The van der Waals surface area contributed by atoms with E-state index in [0.29, 0.717) is 19.5 Å². The van der Waals surface area contributed by atoms with Gasteiger partial charge < -0.3 is 9.64 Å². The molecule has 0 spiro atoms. The molecule has 23 heavy (non-hydrogen) atoms. The molecule has 6 heteroatoms. The number of thiazole rings is 1. The Morgan fingerprint density at radius 2 is 2.22 bits per heavy atom. The van der Waals surface area contributed by atoms with E-state index < -0.39 is 5.60 Å². The summed E-state index contributed by atoms with van der Waals surface area (Å²) < 4.78 is 7.60. The van der Waals surface area contributed by atoms with Crippen LogP contribution in [0.1, 0.15) is 25.8 Å². The van der Waals surface area contributed by atoms with Crippen LogP contribution in [-0.4, -0.2) is 34.7 Å². The molecule has 0 radical (unpaired) electrons. The summed E-state index contributed by atoms with van der Waals surface area (Å²) in [4.78, 5) is 18.5. The summed E-state index contributed by atoms with van der Waals surface area (Å²) in [5.74, 6) is 0. The van der Waals surface area contributed by atoms with Crippen molar-refractivity contribution in [3.8, 4) is 0 Å². The van der Waals surface area contributed by atoms with E-state index in [9.17, 15) is 4.79 Å². The summed E-state index contributed by atoms with van der Waals surface area (Å²) >= 11 is 5.11. The van der Waals surface area contributed by atoms with Gasteiger partial charge in [0.1, 0.15) is 5.60 Å². The van der Waals surface area contributed by atoms with E-state index in [-0.39, 0.29) is 6.09 Å². The van der Waals surface area contributed by atoms with Gasteiger partial charge in [-0.2, -0.15) is 0 Å². The molecule has 0 N–H and O–H groups in total. The molecule has 1 aromatic heterocycles. The Hall–Kier alpha value is -1.40. The molecule has 0 bridgehead atoms. The number of aromatic nitrogens is 1. The molecule has 124 valence electrons. The second kappa shape index (κ2) is 7.45. The summed E-state index contributed by atoms with van der Waals surface area (Å²) in [6, 6.07) is 6.07. The van der Waals surface area contributed by atoms with Gasteiger partial charge in [0.15, 0.2) is 0 Å². The van der Waals surface area contributed by atoms with Crippen molar-refractivity contribution in [2.24, 2.45) is 0 Å². The number of halogens is 1. The minimum Gasteiger partial charge on any atom is -0.444 e. The van der Waals surface area contributed by atoms with Crippen molar-refractivity contribution < 1.29 is 9.53 Å². The minimum atomic E-state index is -0.501. The van der Waals surface area contributed by atoms with Gasteiger partial charge in [-0.25, -0.2) is 9.78 Å². The number of hydrogen-bond acceptors (Lipinski definition) is 4. The SMILES string of the molecule is C=CCN(CCc1nc2cc(Br)ccc2s1)C(=O)OC(C)(C)C. The quantitative estimate of drug-likeness (QED) is 0.665. The zero-order valence-corrected chi connectivity index (χ0v) is 16.0. The van der Waals surface area contributed by atoms with Crippen LogP contribution in [0, 0.1) is 0 Å². The highest BCUT2D eigenvalue weighted by Gasteiger charge is 2.21. The molecule has 0 atom stereocenters. The topological polar surface area (TPSA) is 42.4 Å². The van der Waals surface area contributed by atoms with Gasteiger partial charge in [0.25, 0.3) is 0 Å². The fourth-order valence-electron chi connectivity index (χ4n) is 2.03. The van der Waals surface area contributed by atoms with Crippen LogP contribution in [0.25, 0.3) is 10.2 Å². The molecule has 4 nitrogen and oxygen atoms in total. The van der Waals surface area contributed by atoms with E-state index in [1.54, 1.807) is 22.3 Å². The number of carbonyl (C=O) groups excluding carboxylic acids is 1. The van der Waals surface area contributed by atoms with Gasteiger partial charge in [0.05, 0.1) is 15.2 Å². The minimum absolute atomic E-state index is 0.318. The Kier molecular flexibility index (Phi) is 5.81. The van der Waals surface area contributed by atoms with E-state index in [1.165, 1.54) is 0 Å². The smallest absolute Gasteiger partial charge is 0.410 e. The lowest BCUT2D eigenvalue weighted by molar-refractivity contribution is 0.0274. The van der Waals surface area contributed by atoms with Gasteiger partial charge in [-0.3, -0.25) is 0 Å². The third kappa shape index (κ3) is 5.32. The highest BCUT2D eigenvalue weighted by atomic mass is 79.9. The van der Waals surface area contributed by atoms with Crippen LogP contribution in [0.3, 0.4) is 0 Å². The molecule has 0 aliphatic rings. The van der Waals surface area contributed by atoms with Crippen molar-refractivity contribution in [1.29, 1.82) is 0 Å². The van der Waals surface area contributed by atoms with Gasteiger partial charge in [-0.1, -0.05) is 22.0 Å². The lowest BCUT2D eigenvalue weighted by Gasteiger charge is -2.26. The molecule has 1 amide bonds. The molecular formula is C17H21BrN2O2S. The van der Waals surface area contributed by atoms with Crippen LogP contribution in [0.2, 0.25) is 0 Å². The van der Waals surface area contributed by atoms with Crippen LogP contribution < -0.4 is 0 Å². The number of ether oxygens (including phenoxy) is 1. The summed E-state index contributed by atoms with van der Waals surface area (Å²) in [5, 5.41) is 1.01. The number of fused-ring (bicyclic) bond motifs is 1. The first-order chi connectivity index (χ1) is 10.8. The van der Waals surface area contributed by atoms with E-state index in [0.717, 1.165) is 19.7 Å². The summed E-state index contributed by atoms with van der Waals surface area (Å²) in [5.41, 5.74) is 0.477. The largest absolute Gasteiger partial charge is 0.444 e. The maximum atomic E-state index is 12.2. The van der Waals surface area contributed by atoms with E-state index >= 15 is 0 Å². The average molecular weight is 397 g/mol. The number of nitrogens with zero attached hydrogens (tertiary/aromatic N) is 2. The van der Waals surface area contributed by atoms with Crippen molar-refractivity contribution in [2.45, 2.75) is 32.8 Å². The highest BCUT2D eigenvalue weighted by molar-refractivity contribution is 9.10. The number of rotatable bonds is 5. The Labute approximate surface area is 149 Å². The monoisotopic (exact) mass is 396 g/mol. The first-order valence-electron chi connectivity index (χ1n) is 7.42. The molecule has 0 saturated heterocycles. The molecule has 0 unspecified atom stereocenters. The Balaban J connectivity index is 2.04. The number of amides is 1. The zero-order chi connectivity index (χ0) is 17.0. The van der Waals surface area contributed by atoms with Crippen LogP contribution >= 0.6 is 27.3 Å². The van der Waals surface area contributed by atoms with Crippen molar-refractivity contribution in [1.82, 2.24) is 9.88 Å². The van der Waals surface area contributed by atoms with Crippen molar-refractivity contribution in [2.75, 3.05) is 13.1 Å². The third-order valence-corrected chi connectivity index (χ3v) is 4.58. The molecule has 2 aromatic rings. The fraction of sp³-hybridized carbons (Fsp3) is 0.412. The Bertz CT molecular complexity index is 706. The van der Waals surface area contributed by atoms with Gasteiger partial charge in [-0.15, -0.1) is 17.9 Å². The molecule has 0 fully saturated rings. The summed E-state index contributed by atoms with van der Waals surface area (Å²) in [7, 11) is 0. The third-order valence-electron chi connectivity index (χ3n) is 2.99. The molecule has 0 saturated carbocycles. The second-order valence-electron chi connectivity index (χ2n) is 6.18. The molecule has 1 aromatic carbocycles. The zero-order valence-electron chi connectivity index (χ0n) is 13.6. The predicted octanol–water partition coefficient (Wildman–Crippen LogP) is 5.02. The first kappa shape index (κ1) is 17.9. The maximum absolute atomic E-state index is 12.2. The number of carbonyl (C=O) groups is 1. The van der Waals surface area contributed by atoms with E-state index in [2.05, 4.69) is 33.6 Å². The van der Waals surface area contributed by atoms with E-state index in [4.69, 9.17) is 4.74 Å². The van der Waals surface area contributed by atoms with Crippen molar-refractivity contribution >= 4 is 43.6 Å². The predicted molar refractivity (Wildman–Crippen MR) is 99.0 cm³/mol. The van der Waals surface area contributed by atoms with Crippen molar-refractivity contribution in [3.05, 3.63) is 40.3 Å². The molecule has 1 heterocycles. The van der Waals surface area contributed by atoms with E-state index in [1.807, 2.05) is 32.9 Å². The highest BCUT2D eigenvalue weighted by Crippen LogP contribution is 2.25. The molecule has 2 rings (SSSR count). The Morgan fingerprint density at radius 3 is 2.87 bits per heavy atom. The first-order valence-corrected chi connectivity index (χ1v) is 9.03. The van der Waals surface area contributed by atoms with Crippen LogP contribution in [0.5, 0.6) is 0 Å². The summed E-state index contributed by atoms with van der Waals surface area (Å²) in [6.45, 7) is 10.3. The Morgan fingerprint density at radius 1 is 1.48 bits per heavy atom. The lowest BCUT2D eigenvalue weighted by atomic mass is 10.2. The molecular weight excluding hydrogens is 376 g/mol. The molecule has 0 aliphatic heterocycles. The van der Waals surface area contributed by atoms with Crippen LogP contribution in [0.4, 0.5) is 4.79 Å². The fourth-order valence-corrected chi connectivity index (χ4v) is 3.31. The number of hydrogen-bond donors (Lipinski definition) is 0. The van der Waals surface area contributed by atoms with Gasteiger partial charge >= 0.3 is 6.09 Å². The lowest BCUT2D eigenvalue weighted by Crippen LogP contribution is -2.38. The second-order valence-corrected chi connectivity index (χ2v) is 8.22. The molecule has 0 aliphatic carbocycles. The van der Waals surface area contributed by atoms with Crippen LogP contribution in [-0.2, 0) is 11.2 Å². The average Bonchev–Trinajstić information content (AvgIpc) is 2.83. The van der Waals surface area contributed by atoms with Gasteiger partial charge in [0, 0.05) is 24.0 Å². The van der Waals surface area contributed by atoms with Gasteiger partial charge in [-0.05, 0) is 39.0 Å². The van der Waals surface area contributed by atoms with Crippen LogP contribution in [0.15, 0.2) is 35.3 Å². The summed E-state index contributed by atoms with van der Waals surface area (Å²) in [6.07, 6.45) is 2.09.